The fourth-order valence-electron chi connectivity index (χ4n) is 7.60. The summed E-state index contributed by atoms with van der Waals surface area (Å²) in [5.41, 5.74) is 33.1. The number of aliphatic hydroxyl groups is 2. The number of primary amides is 1. The number of carbonyl (C=O) groups is 11. The number of hydrogen-bond acceptors (Lipinski definition) is 17. The summed E-state index contributed by atoms with van der Waals surface area (Å²) in [6.45, 7) is 2.03. The van der Waals surface area contributed by atoms with E-state index in [4.69, 9.17) is 34.4 Å². The number of aliphatic imine (C=N–C) groups is 1. The van der Waals surface area contributed by atoms with Crippen LogP contribution in [0.25, 0.3) is 0 Å². The zero-order valence-electron chi connectivity index (χ0n) is 42.1. The number of aliphatic carboxylic acids is 2. The van der Waals surface area contributed by atoms with E-state index in [0.29, 0.717) is 38.8 Å². The minimum absolute atomic E-state index is 0.0410. The topological polar surface area (TPSA) is 525 Å². The van der Waals surface area contributed by atoms with Crippen molar-refractivity contribution in [3.8, 4) is 0 Å². The van der Waals surface area contributed by atoms with Crippen molar-refractivity contribution in [1.29, 1.82) is 0 Å². The molecule has 30 nitrogen and oxygen atoms in total. The van der Waals surface area contributed by atoms with Gasteiger partial charge in [-0.1, -0.05) is 20.3 Å². The number of carboxylic acids is 2. The molecule has 23 N–H and O–H groups in total. The maximum absolute atomic E-state index is 13.9. The maximum Gasteiger partial charge on any atom is 0.326 e. The van der Waals surface area contributed by atoms with Crippen molar-refractivity contribution in [1.82, 2.24) is 42.1 Å². The van der Waals surface area contributed by atoms with Gasteiger partial charge in [0, 0.05) is 19.5 Å². The highest BCUT2D eigenvalue weighted by atomic mass is 16.4. The summed E-state index contributed by atoms with van der Waals surface area (Å²) < 4.78 is 0. The van der Waals surface area contributed by atoms with Crippen molar-refractivity contribution < 1.29 is 73.2 Å². The van der Waals surface area contributed by atoms with Gasteiger partial charge in [0.15, 0.2) is 5.96 Å². The number of carboxylic acid groups (broad SMARTS) is 2. The van der Waals surface area contributed by atoms with Gasteiger partial charge in [-0.2, -0.15) is 0 Å². The molecule has 1 aliphatic rings. The highest BCUT2D eigenvalue weighted by Gasteiger charge is 2.40. The number of carbonyl (C=O) groups excluding carboxylic acids is 9. The normalized spacial score (nSPS) is 16.4. The SMILES string of the molecule is CC(C)C[C@H](NC(=O)[C@@H]1CCCN1C(=O)[C@H](CO)NC(=O)[C@H](CC(=O)O)NC(=O)[C@H](CCC(N)=O)NC(=O)[C@H](CO)NC(=O)[C@H](CCCN=C(N)N)NC(=O)[C@@H](N)CCCCN)C(=O)N[C@@H](CCCCN)C(=O)O. The van der Waals surface area contributed by atoms with Crippen LogP contribution in [0, 0.1) is 5.92 Å². The molecule has 1 rings (SSSR count). The maximum atomic E-state index is 13.9. The average molecular weight is 1060 g/mol. The van der Waals surface area contributed by atoms with Gasteiger partial charge in [-0.05, 0) is 89.6 Å². The number of likely N-dealkylation sites (tertiary alicyclic amines) is 1. The molecule has 0 aliphatic carbocycles. The van der Waals surface area contributed by atoms with E-state index in [1.54, 1.807) is 13.8 Å². The van der Waals surface area contributed by atoms with Gasteiger partial charge in [0.25, 0.3) is 0 Å². The predicted molar refractivity (Wildman–Crippen MR) is 264 cm³/mol. The van der Waals surface area contributed by atoms with Crippen molar-refractivity contribution in [2.45, 2.75) is 158 Å². The van der Waals surface area contributed by atoms with E-state index in [2.05, 4.69) is 42.2 Å². The molecule has 420 valence electrons. The number of aliphatic hydroxyl groups excluding tert-OH is 2. The Labute approximate surface area is 428 Å². The Kier molecular flexibility index (Phi) is 30.5. The number of unbranched alkanes of at least 4 members (excludes halogenated alkanes) is 2. The Morgan fingerprint density at radius 2 is 1.08 bits per heavy atom. The molecule has 0 spiro atoms. The number of nitrogens with two attached hydrogens (primary N) is 6. The fourth-order valence-corrected chi connectivity index (χ4v) is 7.60. The molecule has 0 aromatic heterocycles. The molecule has 1 saturated heterocycles. The van der Waals surface area contributed by atoms with Crippen molar-refractivity contribution in [2.75, 3.05) is 39.4 Å². The summed E-state index contributed by atoms with van der Waals surface area (Å²) in [4.78, 5) is 149. The summed E-state index contributed by atoms with van der Waals surface area (Å²) >= 11 is 0. The monoisotopic (exact) mass is 1060 g/mol. The Morgan fingerprint density at radius 1 is 0.595 bits per heavy atom. The number of guanidine groups is 1. The second-order valence-corrected chi connectivity index (χ2v) is 18.2. The molecular weight excluding hydrogens is 979 g/mol. The van der Waals surface area contributed by atoms with E-state index in [1.165, 1.54) is 0 Å². The lowest BCUT2D eigenvalue weighted by Crippen LogP contribution is -2.61. The molecule has 30 heteroatoms. The first-order valence-corrected chi connectivity index (χ1v) is 24.5. The van der Waals surface area contributed by atoms with Crippen LogP contribution in [0.3, 0.4) is 0 Å². The largest absolute Gasteiger partial charge is 0.481 e. The summed E-state index contributed by atoms with van der Waals surface area (Å²) in [6.07, 6.45) is 0.580. The minimum atomic E-state index is -2.02. The van der Waals surface area contributed by atoms with Gasteiger partial charge < -0.3 is 96.9 Å². The molecular formula is C44H79N15O15. The van der Waals surface area contributed by atoms with Crippen molar-refractivity contribution in [3.05, 3.63) is 0 Å². The lowest BCUT2D eigenvalue weighted by Gasteiger charge is -2.30. The number of nitrogens with one attached hydrogen (secondary N) is 7. The van der Waals surface area contributed by atoms with Gasteiger partial charge in [0.1, 0.15) is 48.3 Å². The van der Waals surface area contributed by atoms with Crippen LogP contribution in [0.15, 0.2) is 4.99 Å². The summed E-state index contributed by atoms with van der Waals surface area (Å²) in [6, 6.07) is -13.6. The van der Waals surface area contributed by atoms with E-state index < -0.39 is 152 Å². The van der Waals surface area contributed by atoms with Crippen LogP contribution in [0.5, 0.6) is 0 Å². The first-order valence-electron chi connectivity index (χ1n) is 24.5. The van der Waals surface area contributed by atoms with Crippen LogP contribution >= 0.6 is 0 Å². The van der Waals surface area contributed by atoms with Gasteiger partial charge in [-0.25, -0.2) is 4.79 Å². The molecule has 0 radical (unpaired) electrons. The van der Waals surface area contributed by atoms with Crippen molar-refractivity contribution >= 4 is 71.1 Å². The third kappa shape index (κ3) is 24.3. The second-order valence-electron chi connectivity index (χ2n) is 18.2. The Balaban J connectivity index is 3.30. The van der Waals surface area contributed by atoms with Crippen LogP contribution in [0.2, 0.25) is 0 Å². The molecule has 1 aliphatic heterocycles. The lowest BCUT2D eigenvalue weighted by atomic mass is 10.0. The van der Waals surface area contributed by atoms with E-state index in [0.717, 1.165) is 4.90 Å². The number of rotatable bonds is 37. The summed E-state index contributed by atoms with van der Waals surface area (Å²) in [7, 11) is 0. The Bertz CT molecular complexity index is 1940. The van der Waals surface area contributed by atoms with E-state index >= 15 is 0 Å². The number of nitrogens with zero attached hydrogens (tertiary/aromatic N) is 2. The highest BCUT2D eigenvalue weighted by molar-refractivity contribution is 5.99. The summed E-state index contributed by atoms with van der Waals surface area (Å²) in [5, 5.41) is 56.2. The van der Waals surface area contributed by atoms with Crippen LogP contribution < -0.4 is 71.6 Å². The van der Waals surface area contributed by atoms with Gasteiger partial charge in [0.2, 0.25) is 53.2 Å². The standard InChI is InChI=1S/C44H79N15O15/c1-23(2)19-28(38(68)54-27(43(73)74)10-4-6-16-46)56-41(71)32-12-8-18-59(32)42(72)31(22-61)58-39(69)29(20-34(63)64)55-37(67)26(13-14-33(48)62)53-40(70)30(21-60)57-36(66)25(11-7-17-51-44(49)50)52-35(65)24(47)9-3-5-15-45/h23-32,60-61H,3-22,45-47H2,1-2H3,(H2,48,62)(H,52,65)(H,53,70)(H,54,68)(H,55,67)(H,56,71)(H,57,66)(H,58,69)(H,63,64)(H,73,74)(H4,49,50,51)/t24-,25-,26-,27-,28-,29-,30-,31-,32-/m0/s1. The summed E-state index contributed by atoms with van der Waals surface area (Å²) in [5.74, 6) is -12.4. The molecule has 1 fully saturated rings. The van der Waals surface area contributed by atoms with Crippen LogP contribution in [-0.2, 0) is 52.7 Å². The van der Waals surface area contributed by atoms with Gasteiger partial charge in [-0.15, -0.1) is 0 Å². The number of amides is 9. The van der Waals surface area contributed by atoms with Gasteiger partial charge in [-0.3, -0.25) is 52.9 Å². The molecule has 1 heterocycles. The number of hydrogen-bond donors (Lipinski definition) is 17. The lowest BCUT2D eigenvalue weighted by molar-refractivity contribution is -0.145. The Hall–Kier alpha value is -6.76. The Morgan fingerprint density at radius 3 is 1.62 bits per heavy atom. The minimum Gasteiger partial charge on any atom is -0.481 e. The van der Waals surface area contributed by atoms with Crippen LogP contribution in [0.4, 0.5) is 0 Å². The molecule has 0 saturated carbocycles. The van der Waals surface area contributed by atoms with Crippen LogP contribution in [0.1, 0.15) is 104 Å². The van der Waals surface area contributed by atoms with E-state index in [9.17, 15) is 73.2 Å². The molecule has 0 aromatic rings. The van der Waals surface area contributed by atoms with Crippen LogP contribution in [-0.4, -0.2) is 190 Å². The third-order valence-electron chi connectivity index (χ3n) is 11.6. The highest BCUT2D eigenvalue weighted by Crippen LogP contribution is 2.20. The quantitative estimate of drug-likeness (QED) is 0.0156. The molecule has 0 unspecified atom stereocenters. The van der Waals surface area contributed by atoms with Crippen molar-refractivity contribution in [2.24, 2.45) is 45.3 Å². The molecule has 9 atom stereocenters. The molecule has 0 bridgehead atoms. The van der Waals surface area contributed by atoms with E-state index in [-0.39, 0.29) is 69.9 Å². The van der Waals surface area contributed by atoms with Crippen molar-refractivity contribution in [3.63, 3.8) is 0 Å². The average Bonchev–Trinajstić information content (AvgIpc) is 3.83. The van der Waals surface area contributed by atoms with E-state index in [1.807, 2.05) is 0 Å². The zero-order valence-corrected chi connectivity index (χ0v) is 42.1. The van der Waals surface area contributed by atoms with Gasteiger partial charge in [0.05, 0.1) is 25.7 Å². The fraction of sp³-hybridized carbons (Fsp3) is 0.727. The third-order valence-corrected chi connectivity index (χ3v) is 11.6. The zero-order chi connectivity index (χ0) is 56.1. The predicted octanol–water partition coefficient (Wildman–Crippen LogP) is -7.13. The first-order chi connectivity index (χ1) is 34.9. The second kappa shape index (κ2) is 34.6. The molecule has 74 heavy (non-hydrogen) atoms. The smallest absolute Gasteiger partial charge is 0.326 e. The van der Waals surface area contributed by atoms with Gasteiger partial charge >= 0.3 is 11.9 Å². The molecule has 9 amide bonds. The first kappa shape index (κ1) is 65.3. The molecule has 0 aromatic carbocycles.